The standard InChI is InChI=1S/C31H22F4N2O3/c32-25-11-7-20(8-12-25)22-14-26(29(38)37-16-19-1-5-21(6-2-19)30(39)40)28-23(17-36-27(28)15-22)13-18-3-9-24(10-4-18)31(33,34)35/h1-12,14-15,17,36H,13,16H2,(H,37,38)(H,39,40). The Hall–Kier alpha value is -4.92. The van der Waals surface area contributed by atoms with E-state index in [2.05, 4.69) is 10.3 Å². The predicted molar refractivity (Wildman–Crippen MR) is 143 cm³/mol. The van der Waals surface area contributed by atoms with Gasteiger partial charge in [-0.15, -0.1) is 0 Å². The number of halogens is 4. The van der Waals surface area contributed by atoms with E-state index in [1.54, 1.807) is 36.5 Å². The fraction of sp³-hybridized carbons (Fsp3) is 0.0968. The lowest BCUT2D eigenvalue weighted by molar-refractivity contribution is -0.137. The molecule has 0 aliphatic heterocycles. The molecule has 0 aliphatic carbocycles. The number of aromatic amines is 1. The van der Waals surface area contributed by atoms with Gasteiger partial charge < -0.3 is 15.4 Å². The summed E-state index contributed by atoms with van der Waals surface area (Å²) in [5.74, 6) is -1.84. The average Bonchev–Trinajstić information content (AvgIpc) is 3.34. The van der Waals surface area contributed by atoms with Crippen molar-refractivity contribution < 1.29 is 32.3 Å². The van der Waals surface area contributed by atoms with Crippen molar-refractivity contribution in [3.63, 3.8) is 0 Å². The van der Waals surface area contributed by atoms with Crippen molar-refractivity contribution >= 4 is 22.8 Å². The van der Waals surface area contributed by atoms with Gasteiger partial charge in [0, 0.05) is 29.2 Å². The van der Waals surface area contributed by atoms with Crippen LogP contribution >= 0.6 is 0 Å². The van der Waals surface area contributed by atoms with Crippen LogP contribution in [0.4, 0.5) is 17.6 Å². The summed E-state index contributed by atoms with van der Waals surface area (Å²) < 4.78 is 52.5. The number of rotatable bonds is 7. The maximum Gasteiger partial charge on any atom is 0.416 e. The number of carboxylic acids is 1. The number of carbonyl (C=O) groups excluding carboxylic acids is 1. The van der Waals surface area contributed by atoms with E-state index in [1.165, 1.54) is 36.4 Å². The highest BCUT2D eigenvalue weighted by Crippen LogP contribution is 2.33. The summed E-state index contributed by atoms with van der Waals surface area (Å²) in [6.07, 6.45) is -2.43. The molecule has 9 heteroatoms. The lowest BCUT2D eigenvalue weighted by Gasteiger charge is -2.12. The van der Waals surface area contributed by atoms with Crippen LogP contribution in [0.3, 0.4) is 0 Å². The predicted octanol–water partition coefficient (Wildman–Crippen LogP) is 7.21. The number of fused-ring (bicyclic) bond motifs is 1. The maximum absolute atomic E-state index is 13.5. The average molecular weight is 547 g/mol. The summed E-state index contributed by atoms with van der Waals surface area (Å²) >= 11 is 0. The largest absolute Gasteiger partial charge is 0.478 e. The number of aromatic carboxylic acids is 1. The van der Waals surface area contributed by atoms with Crippen molar-refractivity contribution in [2.75, 3.05) is 0 Å². The molecule has 3 N–H and O–H groups in total. The number of hydrogen-bond donors (Lipinski definition) is 3. The van der Waals surface area contributed by atoms with Gasteiger partial charge >= 0.3 is 12.1 Å². The van der Waals surface area contributed by atoms with Gasteiger partial charge in [-0.05, 0) is 82.8 Å². The van der Waals surface area contributed by atoms with Gasteiger partial charge in [0.15, 0.2) is 0 Å². The van der Waals surface area contributed by atoms with Crippen molar-refractivity contribution in [2.45, 2.75) is 19.1 Å². The summed E-state index contributed by atoms with van der Waals surface area (Å²) in [5, 5.41) is 12.6. The fourth-order valence-electron chi connectivity index (χ4n) is 4.54. The van der Waals surface area contributed by atoms with Gasteiger partial charge in [-0.25, -0.2) is 9.18 Å². The third kappa shape index (κ3) is 5.73. The Balaban J connectivity index is 1.50. The van der Waals surface area contributed by atoms with Crippen LogP contribution in [0.1, 0.15) is 43.0 Å². The van der Waals surface area contributed by atoms with Crippen LogP contribution in [0.25, 0.3) is 22.0 Å². The Labute approximate surface area is 226 Å². The van der Waals surface area contributed by atoms with E-state index >= 15 is 0 Å². The lowest BCUT2D eigenvalue weighted by atomic mass is 9.95. The summed E-state index contributed by atoms with van der Waals surface area (Å²) in [5.41, 5.74) is 3.79. The third-order valence-corrected chi connectivity index (χ3v) is 6.61. The molecule has 0 unspecified atom stereocenters. The second-order valence-corrected chi connectivity index (χ2v) is 9.32. The minimum absolute atomic E-state index is 0.129. The van der Waals surface area contributed by atoms with Gasteiger partial charge in [0.1, 0.15) is 5.82 Å². The molecule has 0 radical (unpaired) electrons. The van der Waals surface area contributed by atoms with Crippen LogP contribution in [-0.4, -0.2) is 22.0 Å². The monoisotopic (exact) mass is 546 g/mol. The molecule has 202 valence electrons. The summed E-state index contributed by atoms with van der Waals surface area (Å²) in [6, 6.07) is 20.4. The van der Waals surface area contributed by atoms with Crippen molar-refractivity contribution in [1.82, 2.24) is 10.3 Å². The fourth-order valence-corrected chi connectivity index (χ4v) is 4.54. The summed E-state index contributed by atoms with van der Waals surface area (Å²) in [7, 11) is 0. The van der Waals surface area contributed by atoms with Crippen LogP contribution in [-0.2, 0) is 19.1 Å². The Morgan fingerprint density at radius 3 is 2.10 bits per heavy atom. The highest BCUT2D eigenvalue weighted by molar-refractivity contribution is 6.09. The smallest absolute Gasteiger partial charge is 0.416 e. The number of benzene rings is 4. The van der Waals surface area contributed by atoms with Gasteiger partial charge in [-0.2, -0.15) is 13.2 Å². The summed E-state index contributed by atoms with van der Waals surface area (Å²) in [6.45, 7) is 0.139. The molecule has 4 aromatic carbocycles. The molecular formula is C31H22F4N2O3. The zero-order valence-corrected chi connectivity index (χ0v) is 20.9. The molecule has 5 aromatic rings. The van der Waals surface area contributed by atoms with Crippen LogP contribution in [0.5, 0.6) is 0 Å². The van der Waals surface area contributed by atoms with E-state index in [9.17, 15) is 27.2 Å². The maximum atomic E-state index is 13.5. The van der Waals surface area contributed by atoms with Crippen molar-refractivity contribution in [2.24, 2.45) is 0 Å². The molecule has 0 atom stereocenters. The second-order valence-electron chi connectivity index (χ2n) is 9.32. The first-order valence-electron chi connectivity index (χ1n) is 12.2. The molecule has 1 aromatic heterocycles. The molecule has 0 fully saturated rings. The van der Waals surface area contributed by atoms with E-state index in [0.29, 0.717) is 38.7 Å². The Morgan fingerprint density at radius 1 is 0.825 bits per heavy atom. The molecular weight excluding hydrogens is 524 g/mol. The topological polar surface area (TPSA) is 82.2 Å². The quantitative estimate of drug-likeness (QED) is 0.189. The van der Waals surface area contributed by atoms with E-state index < -0.39 is 29.4 Å². The van der Waals surface area contributed by atoms with E-state index in [1.807, 2.05) is 6.07 Å². The van der Waals surface area contributed by atoms with Gasteiger partial charge in [0.25, 0.3) is 5.91 Å². The summed E-state index contributed by atoms with van der Waals surface area (Å²) in [4.78, 5) is 27.8. The van der Waals surface area contributed by atoms with Crippen molar-refractivity contribution in [3.8, 4) is 11.1 Å². The number of aromatic nitrogens is 1. The number of carboxylic acid groups (broad SMARTS) is 1. The Bertz CT molecular complexity index is 1690. The molecule has 1 amide bonds. The Morgan fingerprint density at radius 2 is 1.48 bits per heavy atom. The third-order valence-electron chi connectivity index (χ3n) is 6.61. The molecule has 0 saturated heterocycles. The molecule has 0 saturated carbocycles. The molecule has 5 nitrogen and oxygen atoms in total. The van der Waals surface area contributed by atoms with Crippen molar-refractivity contribution in [1.29, 1.82) is 0 Å². The minimum atomic E-state index is -4.44. The van der Waals surface area contributed by atoms with E-state index in [4.69, 9.17) is 5.11 Å². The van der Waals surface area contributed by atoms with Gasteiger partial charge in [0.05, 0.1) is 11.1 Å². The number of H-pyrrole nitrogens is 1. The first-order valence-corrected chi connectivity index (χ1v) is 12.2. The number of carbonyl (C=O) groups is 2. The van der Waals surface area contributed by atoms with Gasteiger partial charge in [0.2, 0.25) is 0 Å². The van der Waals surface area contributed by atoms with Crippen LogP contribution in [0.15, 0.2) is 91.1 Å². The normalized spacial score (nSPS) is 11.5. The number of hydrogen-bond acceptors (Lipinski definition) is 2. The number of alkyl halides is 3. The highest BCUT2D eigenvalue weighted by atomic mass is 19.4. The minimum Gasteiger partial charge on any atom is -0.478 e. The zero-order chi connectivity index (χ0) is 28.4. The van der Waals surface area contributed by atoms with Crippen LogP contribution < -0.4 is 5.32 Å². The lowest BCUT2D eigenvalue weighted by Crippen LogP contribution is -2.23. The molecule has 1 heterocycles. The zero-order valence-electron chi connectivity index (χ0n) is 20.9. The molecule has 40 heavy (non-hydrogen) atoms. The molecule has 0 spiro atoms. The van der Waals surface area contributed by atoms with Crippen molar-refractivity contribution in [3.05, 3.63) is 130 Å². The number of nitrogens with one attached hydrogen (secondary N) is 2. The molecule has 0 bridgehead atoms. The SMILES string of the molecule is O=C(O)c1ccc(CNC(=O)c2cc(-c3ccc(F)cc3)cc3[nH]cc(Cc4ccc(C(F)(F)F)cc4)c23)cc1. The number of amides is 1. The van der Waals surface area contributed by atoms with Gasteiger partial charge in [-0.1, -0.05) is 36.4 Å². The Kier molecular flexibility index (Phi) is 7.13. The van der Waals surface area contributed by atoms with E-state index in [-0.39, 0.29) is 18.5 Å². The molecule has 0 aliphatic rings. The second kappa shape index (κ2) is 10.7. The first kappa shape index (κ1) is 26.7. The first-order chi connectivity index (χ1) is 19.1. The molecule has 5 rings (SSSR count). The van der Waals surface area contributed by atoms with E-state index in [0.717, 1.165) is 17.7 Å². The highest BCUT2D eigenvalue weighted by Gasteiger charge is 2.30. The van der Waals surface area contributed by atoms with Crippen LogP contribution in [0, 0.1) is 5.82 Å². The van der Waals surface area contributed by atoms with Gasteiger partial charge in [-0.3, -0.25) is 4.79 Å². The van der Waals surface area contributed by atoms with Crippen LogP contribution in [0.2, 0.25) is 0 Å².